The molecular weight excluding hydrogens is 401 g/mol. The van der Waals surface area contributed by atoms with Gasteiger partial charge in [0.25, 0.3) is 0 Å². The van der Waals surface area contributed by atoms with Crippen molar-refractivity contribution in [3.05, 3.63) is 48.0 Å². The van der Waals surface area contributed by atoms with Crippen LogP contribution in [0.25, 0.3) is 0 Å². The Labute approximate surface area is 159 Å². The maximum atomic E-state index is 5.37. The van der Waals surface area contributed by atoms with E-state index in [0.717, 1.165) is 28.9 Å². The fourth-order valence-electron chi connectivity index (χ4n) is 2.52. The molecule has 130 valence electrons. The number of methoxy groups -OCH3 is 2. The van der Waals surface area contributed by atoms with Crippen molar-refractivity contribution in [2.24, 2.45) is 5.10 Å². The van der Waals surface area contributed by atoms with Gasteiger partial charge >= 0.3 is 159 Å². The van der Waals surface area contributed by atoms with Crippen molar-refractivity contribution in [1.29, 1.82) is 0 Å². The van der Waals surface area contributed by atoms with Gasteiger partial charge in [0.1, 0.15) is 0 Å². The Morgan fingerprint density at radius 3 is 2.80 bits per heavy atom. The van der Waals surface area contributed by atoms with E-state index in [-0.39, 0.29) is 0 Å². The van der Waals surface area contributed by atoms with Crippen molar-refractivity contribution < 1.29 is 9.47 Å². The van der Waals surface area contributed by atoms with Crippen LogP contribution in [0.4, 0.5) is 5.69 Å². The van der Waals surface area contributed by atoms with E-state index in [4.69, 9.17) is 21.7 Å². The number of rotatable bonds is 4. The van der Waals surface area contributed by atoms with E-state index in [1.165, 1.54) is 10.0 Å². The van der Waals surface area contributed by atoms with Gasteiger partial charge in [-0.1, -0.05) is 0 Å². The molecule has 0 bridgehead atoms. The molecule has 5 nitrogen and oxygen atoms in total. The Balaban J connectivity index is 1.72. The van der Waals surface area contributed by atoms with E-state index in [1.807, 2.05) is 24.3 Å². The van der Waals surface area contributed by atoms with Gasteiger partial charge < -0.3 is 0 Å². The second-order valence-corrected chi connectivity index (χ2v) is 8.08. The first-order chi connectivity index (χ1) is 12.2. The first kappa shape index (κ1) is 17.7. The predicted molar refractivity (Wildman–Crippen MR) is 107 cm³/mol. The number of thiocarbonyl (C=S) groups is 1. The minimum atomic E-state index is 0.410. The molecule has 0 saturated heterocycles. The number of hydrogen-bond acceptors (Lipinski definition) is 4. The second-order valence-electron chi connectivity index (χ2n) is 5.29. The van der Waals surface area contributed by atoms with Gasteiger partial charge in [-0.3, -0.25) is 0 Å². The third-order valence-electron chi connectivity index (χ3n) is 3.74. The SMILES string of the molecule is COc1ccc(OC)c(NC(=S)N/N=C2\CC[Se]c3ccccc32)c1. The van der Waals surface area contributed by atoms with Gasteiger partial charge in [-0.25, -0.2) is 0 Å². The topological polar surface area (TPSA) is 54.9 Å². The molecule has 7 heteroatoms. The molecule has 0 unspecified atom stereocenters. The summed E-state index contributed by atoms with van der Waals surface area (Å²) in [5.41, 5.74) is 5.95. The number of hydrogen-bond donors (Lipinski definition) is 2. The molecular formula is C18H19N3O2SSe. The summed E-state index contributed by atoms with van der Waals surface area (Å²) in [6, 6.07) is 13.9. The van der Waals surface area contributed by atoms with Gasteiger partial charge in [-0.05, 0) is 0 Å². The first-order valence-electron chi connectivity index (χ1n) is 7.79. The molecule has 0 radical (unpaired) electrons. The molecule has 0 aromatic heterocycles. The summed E-state index contributed by atoms with van der Waals surface area (Å²) in [5, 5.41) is 9.20. The normalized spacial score (nSPS) is 14.6. The molecule has 2 aromatic rings. The van der Waals surface area contributed by atoms with Crippen LogP contribution in [0.2, 0.25) is 5.32 Å². The number of nitrogens with one attached hydrogen (secondary N) is 2. The standard InChI is InChI=1S/C18H19N3O2SSe/c1-22-12-7-8-16(23-2)15(11-12)19-18(24)21-20-14-9-10-25-17-6-4-3-5-13(14)17/h3-8,11H,9-10H2,1-2H3,(H2,19,21,24)/b20-14+. The van der Waals surface area contributed by atoms with Crippen LogP contribution in [0.15, 0.2) is 47.6 Å². The molecule has 0 fully saturated rings. The van der Waals surface area contributed by atoms with Crippen molar-refractivity contribution in [2.45, 2.75) is 11.7 Å². The van der Waals surface area contributed by atoms with E-state index in [9.17, 15) is 0 Å². The number of hydrazone groups is 1. The van der Waals surface area contributed by atoms with Crippen molar-refractivity contribution >= 4 is 48.1 Å². The molecule has 25 heavy (non-hydrogen) atoms. The number of ether oxygens (including phenoxy) is 2. The number of fused-ring (bicyclic) bond motifs is 1. The van der Waals surface area contributed by atoms with Crippen LogP contribution in [0.5, 0.6) is 11.5 Å². The molecule has 1 aliphatic heterocycles. The van der Waals surface area contributed by atoms with E-state index < -0.39 is 0 Å². The van der Waals surface area contributed by atoms with Crippen LogP contribution in [-0.4, -0.2) is 40.0 Å². The predicted octanol–water partition coefficient (Wildman–Crippen LogP) is 2.55. The van der Waals surface area contributed by atoms with Crippen LogP contribution in [-0.2, 0) is 0 Å². The van der Waals surface area contributed by atoms with Gasteiger partial charge in [-0.2, -0.15) is 0 Å². The monoisotopic (exact) mass is 421 g/mol. The van der Waals surface area contributed by atoms with E-state index in [0.29, 0.717) is 25.8 Å². The summed E-state index contributed by atoms with van der Waals surface area (Å²) in [6.07, 6.45) is 0.967. The molecule has 3 rings (SSSR count). The Bertz CT molecular complexity index is 811. The van der Waals surface area contributed by atoms with Gasteiger partial charge in [0.15, 0.2) is 0 Å². The summed E-state index contributed by atoms with van der Waals surface area (Å²) >= 11 is 5.90. The Hall–Kier alpha value is -2.08. The van der Waals surface area contributed by atoms with Crippen molar-refractivity contribution in [1.82, 2.24) is 5.43 Å². The average Bonchev–Trinajstić information content (AvgIpc) is 2.66. The summed E-state index contributed by atoms with van der Waals surface area (Å²) in [4.78, 5) is 0. The zero-order chi connectivity index (χ0) is 17.6. The molecule has 1 heterocycles. The molecule has 2 N–H and O–H groups in total. The Kier molecular flexibility index (Phi) is 5.91. The fourth-order valence-corrected chi connectivity index (χ4v) is 4.84. The van der Waals surface area contributed by atoms with Gasteiger partial charge in [0, 0.05) is 0 Å². The summed E-state index contributed by atoms with van der Waals surface area (Å²) in [6.45, 7) is 0. The molecule has 0 aliphatic carbocycles. The first-order valence-corrected chi connectivity index (χ1v) is 10.3. The number of anilines is 1. The van der Waals surface area contributed by atoms with Gasteiger partial charge in [-0.15, -0.1) is 0 Å². The van der Waals surface area contributed by atoms with Gasteiger partial charge in [0.2, 0.25) is 0 Å². The number of benzene rings is 2. The van der Waals surface area contributed by atoms with Crippen LogP contribution in [0, 0.1) is 0 Å². The Morgan fingerprint density at radius 1 is 1.16 bits per heavy atom. The van der Waals surface area contributed by atoms with E-state index in [1.54, 1.807) is 14.2 Å². The van der Waals surface area contributed by atoms with Crippen molar-refractivity contribution in [2.75, 3.05) is 19.5 Å². The second kappa shape index (κ2) is 8.34. The molecule has 0 spiro atoms. The van der Waals surface area contributed by atoms with Crippen LogP contribution >= 0.6 is 12.2 Å². The molecule has 2 aromatic carbocycles. The van der Waals surface area contributed by atoms with Crippen molar-refractivity contribution in [3.8, 4) is 11.5 Å². The molecule has 0 atom stereocenters. The van der Waals surface area contributed by atoms with Crippen LogP contribution in [0.1, 0.15) is 12.0 Å². The third-order valence-corrected chi connectivity index (χ3v) is 6.19. The van der Waals surface area contributed by atoms with Crippen LogP contribution < -0.4 is 24.7 Å². The minimum absolute atomic E-state index is 0.410. The van der Waals surface area contributed by atoms with Crippen LogP contribution in [0.3, 0.4) is 0 Å². The quantitative estimate of drug-likeness (QED) is 0.453. The zero-order valence-electron chi connectivity index (χ0n) is 14.0. The molecule has 1 aliphatic rings. The number of nitrogens with zero attached hydrogens (tertiary/aromatic N) is 1. The van der Waals surface area contributed by atoms with Gasteiger partial charge in [0.05, 0.1) is 0 Å². The van der Waals surface area contributed by atoms with E-state index >= 15 is 0 Å². The molecule has 0 amide bonds. The fraction of sp³-hybridized carbons (Fsp3) is 0.222. The zero-order valence-corrected chi connectivity index (χ0v) is 16.6. The summed E-state index contributed by atoms with van der Waals surface area (Å²) < 4.78 is 12.0. The average molecular weight is 420 g/mol. The Morgan fingerprint density at radius 2 is 2.00 bits per heavy atom. The summed E-state index contributed by atoms with van der Waals surface area (Å²) in [5.74, 6) is 1.41. The van der Waals surface area contributed by atoms with E-state index in [2.05, 4.69) is 34.0 Å². The molecule has 0 saturated carbocycles. The maximum absolute atomic E-state index is 5.37. The summed E-state index contributed by atoms with van der Waals surface area (Å²) in [7, 11) is 3.24. The van der Waals surface area contributed by atoms with Crippen molar-refractivity contribution in [3.63, 3.8) is 0 Å². The third kappa shape index (κ3) is 4.31.